The third-order valence-corrected chi connectivity index (χ3v) is 24.1. The standard InChI is InChI=1S/C25H26FN5O3S2.C25H27N5O3S2.C22H21F2N5O4S.6H2/c1-17-16-29(19-6-8-20(9-7-19)36(33,34)28-25-27-11-15-35-25)13-14-30(17)24(32)18(2)31-12-10-21-22(26)4-3-5-23(21)31;1-18-15-20-5-3-4-6-23(20)30(18)17-24(31)29-13-12-28(16-19(29)2)21-7-9-22(10-8-21)35(32,33)27-25-26-11-14-34-25;23-15-1-6-19(24)18(13-15)21(30)22(31)29-11-9-28(10-12-29)16-2-4-17(5-3-16)34(32,33)27-20-7-8-25-14-26-20;;;;;;/h3-12,15,17-18H,13-14,16H2,1-2H3,(H,27,28);3-11,14-15,19H,12-13,16-17H2,1-2H3,(H,26,27);1-8,13-14,21,30H,9-12H2,(H,25,26,27);6*1H/t17-,18+;;;;;;;;/m0......../s1. The van der Waals surface area contributed by atoms with Crippen LogP contribution in [0.5, 0.6) is 0 Å². The number of nitrogens with zero attached hydrogens (tertiary/aromatic N) is 12. The van der Waals surface area contributed by atoms with Gasteiger partial charge in [-0.25, -0.2) is 58.4 Å². The highest BCUT2D eigenvalue weighted by atomic mass is 32.2. The summed E-state index contributed by atoms with van der Waals surface area (Å²) in [5.41, 5.74) is 5.02. The van der Waals surface area contributed by atoms with Gasteiger partial charge >= 0.3 is 0 Å². The van der Waals surface area contributed by atoms with E-state index in [4.69, 9.17) is 0 Å². The minimum absolute atomic E-state index is 0. The second-order valence-corrected chi connectivity index (χ2v) is 32.0. The van der Waals surface area contributed by atoms with Gasteiger partial charge in [-0.05, 0) is 160 Å². The van der Waals surface area contributed by atoms with Crippen molar-refractivity contribution in [3.8, 4) is 0 Å². The first kappa shape index (κ1) is 74.3. The van der Waals surface area contributed by atoms with Crippen molar-refractivity contribution in [1.82, 2.24) is 43.8 Å². The largest absolute Gasteiger partial charge is 0.378 e. The molecule has 14 rings (SSSR count). The Morgan fingerprint density at radius 2 is 1.10 bits per heavy atom. The number of thiazole rings is 2. The molecule has 2 unspecified atom stereocenters. The molecule has 0 saturated carbocycles. The summed E-state index contributed by atoms with van der Waals surface area (Å²) in [7, 11) is -11.2. The van der Waals surface area contributed by atoms with Gasteiger partial charge in [0, 0.05) is 161 Å². The molecule has 25 nitrogen and oxygen atoms in total. The van der Waals surface area contributed by atoms with Gasteiger partial charge in [-0.15, -0.1) is 22.7 Å². The topological polar surface area (TPSA) is 291 Å². The lowest BCUT2D eigenvalue weighted by molar-refractivity contribution is -0.141. The van der Waals surface area contributed by atoms with Crippen LogP contribution < -0.4 is 28.9 Å². The number of piperazine rings is 3. The molecule has 5 aromatic heterocycles. The smallest absolute Gasteiger partial charge is 0.263 e. The lowest BCUT2D eigenvalue weighted by Gasteiger charge is -2.42. The molecule has 3 aliphatic rings. The van der Waals surface area contributed by atoms with Crippen LogP contribution in [-0.2, 0) is 51.0 Å². The van der Waals surface area contributed by atoms with Gasteiger partial charge in [0.1, 0.15) is 42.2 Å². The number of sulfonamides is 3. The van der Waals surface area contributed by atoms with Crippen molar-refractivity contribution in [1.29, 1.82) is 0 Å². The Kier molecular flexibility index (Phi) is 22.5. The third kappa shape index (κ3) is 17.2. The molecule has 3 fully saturated rings. The van der Waals surface area contributed by atoms with E-state index in [1.54, 1.807) is 90.0 Å². The molecule has 0 bridgehead atoms. The number of hydrogen-bond acceptors (Lipinski definition) is 19. The van der Waals surface area contributed by atoms with Crippen LogP contribution in [0.4, 0.5) is 46.3 Å². The van der Waals surface area contributed by atoms with Crippen molar-refractivity contribution in [2.45, 2.75) is 73.2 Å². The Morgan fingerprint density at radius 1 is 0.571 bits per heavy atom. The van der Waals surface area contributed by atoms with Gasteiger partial charge in [-0.3, -0.25) is 28.5 Å². The first-order valence-electron chi connectivity index (χ1n) is 33.3. The van der Waals surface area contributed by atoms with Crippen LogP contribution in [-0.4, -0.2) is 169 Å². The number of carbonyl (C=O) groups is 3. The van der Waals surface area contributed by atoms with Gasteiger partial charge in [0.15, 0.2) is 16.4 Å². The second kappa shape index (κ2) is 31.9. The molecule has 0 radical (unpaired) electrons. The Balaban J connectivity index is 0.000000253. The van der Waals surface area contributed by atoms with Gasteiger partial charge in [0.2, 0.25) is 11.8 Å². The number of aliphatic hydroxyl groups excluding tert-OH is 1. The van der Waals surface area contributed by atoms with E-state index in [1.807, 2.05) is 76.4 Å². The summed E-state index contributed by atoms with van der Waals surface area (Å²) in [4.78, 5) is 66.6. The highest BCUT2D eigenvalue weighted by Crippen LogP contribution is 2.31. The van der Waals surface area contributed by atoms with E-state index in [0.29, 0.717) is 80.1 Å². The van der Waals surface area contributed by atoms with Gasteiger partial charge in [0.25, 0.3) is 36.0 Å². The first-order valence-corrected chi connectivity index (χ1v) is 39.5. The molecule has 8 heterocycles. The van der Waals surface area contributed by atoms with E-state index in [0.717, 1.165) is 51.9 Å². The van der Waals surface area contributed by atoms with Crippen molar-refractivity contribution >= 4 is 125 Å². The van der Waals surface area contributed by atoms with Crippen LogP contribution in [0.2, 0.25) is 0 Å². The van der Waals surface area contributed by atoms with Gasteiger partial charge in [-0.1, -0.05) is 24.3 Å². The zero-order valence-electron chi connectivity index (χ0n) is 57.2. The molecule has 33 heteroatoms. The Hall–Kier alpha value is -10.5. The molecule has 560 valence electrons. The lowest BCUT2D eigenvalue weighted by atomic mass is 10.1. The van der Waals surface area contributed by atoms with E-state index in [-0.39, 0.29) is 71.9 Å². The van der Waals surface area contributed by atoms with Crippen LogP contribution in [0.25, 0.3) is 21.8 Å². The minimum Gasteiger partial charge on any atom is -0.378 e. The number of amides is 3. The van der Waals surface area contributed by atoms with Crippen LogP contribution in [0.1, 0.15) is 52.7 Å². The maximum Gasteiger partial charge on any atom is 0.263 e. The predicted molar refractivity (Wildman–Crippen MR) is 411 cm³/mol. The van der Waals surface area contributed by atoms with Crippen LogP contribution in [0, 0.1) is 24.4 Å². The van der Waals surface area contributed by atoms with Crippen molar-refractivity contribution in [3.05, 3.63) is 222 Å². The van der Waals surface area contributed by atoms with Crippen LogP contribution in [0.15, 0.2) is 208 Å². The molecule has 0 aliphatic carbocycles. The molecule has 3 aliphatic heterocycles. The fourth-order valence-electron chi connectivity index (χ4n) is 12.9. The number of halogens is 3. The number of para-hydroxylation sites is 1. The molecule has 6 aromatic carbocycles. The highest BCUT2D eigenvalue weighted by Gasteiger charge is 2.34. The third-order valence-electron chi connectivity index (χ3n) is 18.4. The van der Waals surface area contributed by atoms with Crippen LogP contribution >= 0.6 is 22.7 Å². The van der Waals surface area contributed by atoms with E-state index in [1.165, 1.54) is 64.4 Å². The summed E-state index contributed by atoms with van der Waals surface area (Å²) in [5, 5.41) is 16.0. The summed E-state index contributed by atoms with van der Waals surface area (Å²) >= 11 is 2.45. The number of hydrogen-bond donors (Lipinski definition) is 4. The number of fused-ring (bicyclic) bond motifs is 2. The van der Waals surface area contributed by atoms with E-state index in [9.17, 15) is 57.9 Å². The SMILES string of the molecule is C[C@H](C(=O)N1CCN(c2ccc(S(=O)(=O)Nc3nccs3)cc2)C[C@@H]1C)n1ccc2c(F)cccc21.Cc1cc2ccccc2n1CC(=O)N1CCN(c2ccc(S(=O)(=O)Nc3nccs3)cc2)CC1C.O=C(C(O)c1cc(F)ccc1F)N1CCN(c2ccc(S(=O)(=O)Nc3ccncn3)cc2)CC1.[HH].[HH].[HH].[HH].[HH].[HH]. The summed E-state index contributed by atoms with van der Waals surface area (Å²) in [6.07, 6.45) is 5.72. The van der Waals surface area contributed by atoms with Crippen molar-refractivity contribution in [2.75, 3.05) is 94.3 Å². The zero-order chi connectivity index (χ0) is 74.3. The quantitative estimate of drug-likeness (QED) is 0.0621. The van der Waals surface area contributed by atoms with E-state index in [2.05, 4.69) is 67.5 Å². The number of carbonyl (C=O) groups excluding carboxylic acids is 3. The maximum atomic E-state index is 14.1. The monoisotopic (exact) mass is 1540 g/mol. The molecule has 3 amide bonds. The number of anilines is 6. The van der Waals surface area contributed by atoms with E-state index >= 15 is 0 Å². The fraction of sp³-hybridized carbons (Fsp3) is 0.264. The molecule has 4 atom stereocenters. The van der Waals surface area contributed by atoms with Crippen LogP contribution in [0.3, 0.4) is 0 Å². The van der Waals surface area contributed by atoms with Gasteiger partial charge in [-0.2, -0.15) is 0 Å². The summed E-state index contributed by atoms with van der Waals surface area (Å²) in [6.45, 7) is 13.3. The average molecular weight is 1540 g/mol. The Morgan fingerprint density at radius 3 is 1.65 bits per heavy atom. The molecular formula is C72H86F3N15O10S5. The summed E-state index contributed by atoms with van der Waals surface area (Å²) < 4.78 is 128. The Labute approximate surface area is 621 Å². The first-order chi connectivity index (χ1) is 50.3. The number of aliphatic hydroxyl groups is 1. The molecule has 4 N–H and O–H groups in total. The lowest BCUT2D eigenvalue weighted by Crippen LogP contribution is -2.55. The van der Waals surface area contributed by atoms with Gasteiger partial charge in [0.05, 0.1) is 20.2 Å². The number of nitrogens with one attached hydrogen (secondary N) is 3. The van der Waals surface area contributed by atoms with Gasteiger partial charge < -0.3 is 43.6 Å². The highest BCUT2D eigenvalue weighted by molar-refractivity contribution is 7.93. The normalized spacial score (nSPS) is 16.4. The molecule has 3 saturated heterocycles. The fourth-order valence-corrected chi connectivity index (χ4v) is 17.5. The Bertz CT molecular complexity index is 5270. The van der Waals surface area contributed by atoms with Crippen molar-refractivity contribution in [2.24, 2.45) is 0 Å². The van der Waals surface area contributed by atoms with E-state index < -0.39 is 65.3 Å². The van der Waals surface area contributed by atoms with Crippen molar-refractivity contribution in [3.63, 3.8) is 0 Å². The number of aryl methyl sites for hydroxylation is 1. The number of benzene rings is 6. The predicted octanol–water partition coefficient (Wildman–Crippen LogP) is 11.7. The zero-order valence-corrected chi connectivity index (χ0v) is 61.3. The molecule has 105 heavy (non-hydrogen) atoms. The minimum atomic E-state index is -3.82. The summed E-state index contributed by atoms with van der Waals surface area (Å²) in [6, 6.07) is 40.2. The number of aromatic nitrogens is 6. The van der Waals surface area contributed by atoms with Crippen molar-refractivity contribution < 1.29 is 66.5 Å². The summed E-state index contributed by atoms with van der Waals surface area (Å²) in [5.74, 6) is -2.36. The molecule has 11 aromatic rings. The average Bonchev–Trinajstić information content (AvgIpc) is 1.73. The number of rotatable bonds is 18. The second-order valence-electron chi connectivity index (χ2n) is 25.2. The maximum absolute atomic E-state index is 14.1. The molecule has 0 spiro atoms. The molecular weight excluding hydrogens is 1450 g/mol.